The van der Waals surface area contributed by atoms with Gasteiger partial charge in [-0.3, -0.25) is 4.90 Å². The van der Waals surface area contributed by atoms with Gasteiger partial charge in [0.2, 0.25) is 0 Å². The maximum Gasteiger partial charge on any atom is 0.0768 e. The van der Waals surface area contributed by atoms with Crippen LogP contribution in [0.25, 0.3) is 0 Å². The number of hydrogen-bond donors (Lipinski definition) is 1. The lowest BCUT2D eigenvalue weighted by Gasteiger charge is -2.30. The Hall–Kier alpha value is -0.230. The lowest BCUT2D eigenvalue weighted by molar-refractivity contribution is 0.0714. The first-order valence-corrected chi connectivity index (χ1v) is 5.95. The minimum atomic E-state index is 0.214. The van der Waals surface area contributed by atoms with Crippen LogP contribution >= 0.6 is 12.2 Å². The Labute approximate surface area is 104 Å². The fourth-order valence-electron chi connectivity index (χ4n) is 1.49. The molecule has 0 saturated carbocycles. The van der Waals surface area contributed by atoms with Crippen LogP contribution in [0.15, 0.2) is 0 Å². The Morgan fingerprint density at radius 2 is 1.94 bits per heavy atom. The Balaban J connectivity index is 4.23. The summed E-state index contributed by atoms with van der Waals surface area (Å²) < 4.78 is 10.3. The molecule has 0 saturated heterocycles. The molecule has 0 aliphatic heterocycles. The maximum atomic E-state index is 5.63. The zero-order valence-electron chi connectivity index (χ0n) is 10.7. The van der Waals surface area contributed by atoms with Gasteiger partial charge in [-0.15, -0.1) is 0 Å². The van der Waals surface area contributed by atoms with E-state index < -0.39 is 0 Å². The van der Waals surface area contributed by atoms with Crippen molar-refractivity contribution in [3.05, 3.63) is 0 Å². The molecule has 0 rings (SSSR count). The van der Waals surface area contributed by atoms with E-state index in [1.165, 1.54) is 0 Å². The summed E-state index contributed by atoms with van der Waals surface area (Å²) in [5, 5.41) is 0. The molecule has 0 spiro atoms. The van der Waals surface area contributed by atoms with Crippen molar-refractivity contribution >= 4 is 17.2 Å². The Bertz CT molecular complexity index is 202. The topological polar surface area (TPSA) is 47.7 Å². The average Bonchev–Trinajstić information content (AvgIpc) is 2.23. The summed E-state index contributed by atoms with van der Waals surface area (Å²) in [7, 11) is 3.41. The highest BCUT2D eigenvalue weighted by Gasteiger charge is 2.17. The predicted octanol–water partition coefficient (Wildman–Crippen LogP) is 0.892. The van der Waals surface area contributed by atoms with Crippen molar-refractivity contribution in [1.82, 2.24) is 4.90 Å². The number of ether oxygens (including phenoxy) is 2. The molecule has 2 N–H and O–H groups in total. The maximum absolute atomic E-state index is 5.63. The molecule has 4 nitrogen and oxygen atoms in total. The molecule has 0 radical (unpaired) electrons. The van der Waals surface area contributed by atoms with Crippen molar-refractivity contribution in [1.29, 1.82) is 0 Å². The van der Waals surface area contributed by atoms with Crippen LogP contribution in [0.4, 0.5) is 0 Å². The third kappa shape index (κ3) is 6.37. The summed E-state index contributed by atoms with van der Waals surface area (Å²) in [6, 6.07) is 0.344. The van der Waals surface area contributed by atoms with Gasteiger partial charge < -0.3 is 15.2 Å². The van der Waals surface area contributed by atoms with Gasteiger partial charge in [0.1, 0.15) is 0 Å². The van der Waals surface area contributed by atoms with Crippen LogP contribution in [0, 0.1) is 5.92 Å². The number of hydrogen-bond acceptors (Lipinski definition) is 4. The van der Waals surface area contributed by atoms with Gasteiger partial charge in [-0.05, 0) is 6.92 Å². The van der Waals surface area contributed by atoms with Gasteiger partial charge in [0.05, 0.1) is 18.2 Å². The summed E-state index contributed by atoms with van der Waals surface area (Å²) in [5.41, 5.74) is 5.63. The van der Waals surface area contributed by atoms with E-state index in [4.69, 9.17) is 27.4 Å². The van der Waals surface area contributed by atoms with E-state index in [0.717, 1.165) is 13.1 Å². The van der Waals surface area contributed by atoms with Crippen molar-refractivity contribution in [2.75, 3.05) is 40.5 Å². The first-order chi connectivity index (χ1) is 7.52. The van der Waals surface area contributed by atoms with E-state index in [1.54, 1.807) is 14.2 Å². The van der Waals surface area contributed by atoms with E-state index in [1.807, 2.05) is 6.92 Å². The van der Waals surface area contributed by atoms with Crippen molar-refractivity contribution in [2.24, 2.45) is 11.7 Å². The molecule has 96 valence electrons. The SMILES string of the molecule is COCCN(CC(C)C(N)=S)C(C)COC. The van der Waals surface area contributed by atoms with Crippen LogP contribution in [-0.4, -0.2) is 56.5 Å². The highest BCUT2D eigenvalue weighted by atomic mass is 32.1. The van der Waals surface area contributed by atoms with E-state index >= 15 is 0 Å². The fraction of sp³-hybridized carbons (Fsp3) is 0.909. The number of thiocarbonyl (C=S) groups is 1. The molecule has 2 unspecified atom stereocenters. The second-order valence-corrected chi connectivity index (χ2v) is 4.57. The lowest BCUT2D eigenvalue weighted by atomic mass is 10.1. The van der Waals surface area contributed by atoms with Gasteiger partial charge in [0, 0.05) is 39.3 Å². The second-order valence-electron chi connectivity index (χ2n) is 4.10. The summed E-state index contributed by atoms with van der Waals surface area (Å²) in [6.45, 7) is 7.30. The lowest BCUT2D eigenvalue weighted by Crippen LogP contribution is -2.43. The van der Waals surface area contributed by atoms with Gasteiger partial charge in [0.25, 0.3) is 0 Å². The summed E-state index contributed by atoms with van der Waals surface area (Å²) >= 11 is 4.99. The van der Waals surface area contributed by atoms with Crippen LogP contribution in [0.2, 0.25) is 0 Å². The van der Waals surface area contributed by atoms with Crippen molar-refractivity contribution < 1.29 is 9.47 Å². The molecule has 0 aromatic heterocycles. The van der Waals surface area contributed by atoms with Crippen LogP contribution in [0.1, 0.15) is 13.8 Å². The highest BCUT2D eigenvalue weighted by molar-refractivity contribution is 7.80. The monoisotopic (exact) mass is 248 g/mol. The van der Waals surface area contributed by atoms with Gasteiger partial charge in [0.15, 0.2) is 0 Å². The van der Waals surface area contributed by atoms with Crippen LogP contribution in [0.3, 0.4) is 0 Å². The minimum absolute atomic E-state index is 0.214. The Morgan fingerprint density at radius 1 is 1.31 bits per heavy atom. The minimum Gasteiger partial charge on any atom is -0.393 e. The molecule has 16 heavy (non-hydrogen) atoms. The zero-order chi connectivity index (χ0) is 12.6. The number of rotatable bonds is 9. The van der Waals surface area contributed by atoms with Gasteiger partial charge in [-0.25, -0.2) is 0 Å². The van der Waals surface area contributed by atoms with E-state index in [2.05, 4.69) is 11.8 Å². The first-order valence-electron chi connectivity index (χ1n) is 5.54. The van der Waals surface area contributed by atoms with Crippen LogP contribution < -0.4 is 5.73 Å². The third-order valence-electron chi connectivity index (χ3n) is 2.61. The van der Waals surface area contributed by atoms with Crippen molar-refractivity contribution in [3.63, 3.8) is 0 Å². The fourth-order valence-corrected chi connectivity index (χ4v) is 1.56. The van der Waals surface area contributed by atoms with Gasteiger partial charge in [-0.1, -0.05) is 19.1 Å². The summed E-state index contributed by atoms with van der Waals surface area (Å²) in [6.07, 6.45) is 0. The molecular weight excluding hydrogens is 224 g/mol. The Kier molecular flexibility index (Phi) is 8.74. The summed E-state index contributed by atoms with van der Waals surface area (Å²) in [4.78, 5) is 2.85. The molecular formula is C11H24N2O2S. The molecule has 0 aliphatic carbocycles. The number of nitrogens with two attached hydrogens (primary N) is 1. The highest BCUT2D eigenvalue weighted by Crippen LogP contribution is 2.06. The summed E-state index contributed by atoms with van der Waals surface area (Å²) in [5.74, 6) is 0.214. The van der Waals surface area contributed by atoms with Gasteiger partial charge in [-0.2, -0.15) is 0 Å². The zero-order valence-corrected chi connectivity index (χ0v) is 11.5. The standard InChI is InChI=1S/C11H24N2O2S/c1-9(11(12)16)7-13(5-6-14-3)10(2)8-15-4/h9-10H,5-8H2,1-4H3,(H2,12,16). The molecule has 0 fully saturated rings. The Morgan fingerprint density at radius 3 is 2.38 bits per heavy atom. The van der Waals surface area contributed by atoms with E-state index in [9.17, 15) is 0 Å². The molecule has 0 aliphatic rings. The molecule has 0 aromatic carbocycles. The van der Waals surface area contributed by atoms with E-state index in [-0.39, 0.29) is 5.92 Å². The largest absolute Gasteiger partial charge is 0.393 e. The van der Waals surface area contributed by atoms with E-state index in [0.29, 0.717) is 24.2 Å². The molecule has 5 heteroatoms. The normalized spacial score (nSPS) is 15.1. The molecule has 0 bridgehead atoms. The van der Waals surface area contributed by atoms with Crippen LogP contribution in [0.5, 0.6) is 0 Å². The average molecular weight is 248 g/mol. The number of methoxy groups -OCH3 is 2. The molecule has 0 aromatic rings. The quantitative estimate of drug-likeness (QED) is 0.614. The first kappa shape index (κ1) is 15.8. The molecule has 2 atom stereocenters. The molecule has 0 amide bonds. The van der Waals surface area contributed by atoms with Crippen LogP contribution in [-0.2, 0) is 9.47 Å². The predicted molar refractivity (Wildman–Crippen MR) is 70.7 cm³/mol. The smallest absolute Gasteiger partial charge is 0.0768 e. The van der Waals surface area contributed by atoms with Gasteiger partial charge >= 0.3 is 0 Å². The second kappa shape index (κ2) is 8.87. The molecule has 0 heterocycles. The van der Waals surface area contributed by atoms with Crippen molar-refractivity contribution in [2.45, 2.75) is 19.9 Å². The third-order valence-corrected chi connectivity index (χ3v) is 3.01. The number of nitrogens with zero attached hydrogens (tertiary/aromatic N) is 1. The van der Waals surface area contributed by atoms with Crippen molar-refractivity contribution in [3.8, 4) is 0 Å².